The number of H-pyrrole nitrogens is 1. The lowest BCUT2D eigenvalue weighted by atomic mass is 9.91. The number of aromatic nitrogens is 3. The molecule has 1 saturated heterocycles. The summed E-state index contributed by atoms with van der Waals surface area (Å²) in [5, 5.41) is 6.86. The van der Waals surface area contributed by atoms with Gasteiger partial charge in [-0.2, -0.15) is 5.10 Å². The third-order valence-corrected chi connectivity index (χ3v) is 4.65. The third-order valence-electron chi connectivity index (χ3n) is 4.65. The van der Waals surface area contributed by atoms with Gasteiger partial charge in [0.1, 0.15) is 12.4 Å². The maximum absolute atomic E-state index is 13.2. The maximum Gasteiger partial charge on any atom is 0.229 e. The molecule has 0 saturated carbocycles. The highest BCUT2D eigenvalue weighted by Gasteiger charge is 2.39. The van der Waals surface area contributed by atoms with E-state index in [1.54, 1.807) is 4.90 Å². The van der Waals surface area contributed by atoms with Crippen LogP contribution in [0.5, 0.6) is 0 Å². The molecule has 0 radical (unpaired) electrons. The minimum atomic E-state index is -0.283. The van der Waals surface area contributed by atoms with Crippen molar-refractivity contribution in [3.05, 3.63) is 48.0 Å². The summed E-state index contributed by atoms with van der Waals surface area (Å²) in [5.74, 6) is 0.966. The Kier molecular flexibility index (Phi) is 4.94. The molecule has 1 aromatic heterocycles. The number of rotatable bonds is 5. The molecule has 2 aromatic rings. The van der Waals surface area contributed by atoms with Gasteiger partial charge in [0, 0.05) is 13.7 Å². The zero-order valence-electron chi connectivity index (χ0n) is 14.3. The van der Waals surface area contributed by atoms with Crippen molar-refractivity contribution in [1.82, 2.24) is 20.1 Å². The highest BCUT2D eigenvalue weighted by atomic mass is 16.5. The standard InChI is InChI=1S/C18H24N4O2/c1-12(2)16-14(9-10-24-16)18(23)22(3)15(17-19-11-20-21-17)13-7-5-4-6-8-13/h4-8,11-12,14-16H,9-10H2,1-3H3,(H,19,20,21). The monoisotopic (exact) mass is 328 g/mol. The number of nitrogens with zero attached hydrogens (tertiary/aromatic N) is 3. The molecule has 1 aliphatic heterocycles. The van der Waals surface area contributed by atoms with E-state index in [2.05, 4.69) is 29.0 Å². The second kappa shape index (κ2) is 7.13. The summed E-state index contributed by atoms with van der Waals surface area (Å²) >= 11 is 0. The Balaban J connectivity index is 1.89. The Morgan fingerprint density at radius 1 is 1.33 bits per heavy atom. The molecule has 128 valence electrons. The molecule has 3 rings (SSSR count). The Morgan fingerprint density at radius 3 is 2.71 bits per heavy atom. The second-order valence-corrected chi connectivity index (χ2v) is 6.61. The predicted molar refractivity (Wildman–Crippen MR) is 90.1 cm³/mol. The first-order valence-electron chi connectivity index (χ1n) is 8.38. The number of nitrogens with one attached hydrogen (secondary N) is 1. The van der Waals surface area contributed by atoms with Gasteiger partial charge >= 0.3 is 0 Å². The van der Waals surface area contributed by atoms with Gasteiger partial charge in [-0.3, -0.25) is 9.89 Å². The molecule has 1 aliphatic rings. The van der Waals surface area contributed by atoms with E-state index in [0.29, 0.717) is 18.3 Å². The van der Waals surface area contributed by atoms with Gasteiger partial charge in [-0.05, 0) is 17.9 Å². The van der Waals surface area contributed by atoms with Gasteiger partial charge in [-0.25, -0.2) is 4.98 Å². The molecule has 0 spiro atoms. The molecule has 0 bridgehead atoms. The molecule has 24 heavy (non-hydrogen) atoms. The summed E-state index contributed by atoms with van der Waals surface area (Å²) < 4.78 is 5.79. The van der Waals surface area contributed by atoms with Gasteiger partial charge in [-0.1, -0.05) is 44.2 Å². The van der Waals surface area contributed by atoms with Crippen LogP contribution in [0.2, 0.25) is 0 Å². The van der Waals surface area contributed by atoms with Crippen LogP contribution in [0.25, 0.3) is 0 Å². The number of amides is 1. The van der Waals surface area contributed by atoms with E-state index in [4.69, 9.17) is 4.74 Å². The molecule has 1 N–H and O–H groups in total. The number of benzene rings is 1. The van der Waals surface area contributed by atoms with E-state index < -0.39 is 0 Å². The molecular formula is C18H24N4O2. The molecule has 1 amide bonds. The SMILES string of the molecule is CC(C)C1OCCC1C(=O)N(C)C(c1ccccc1)c1ncn[nH]1. The number of carbonyl (C=O) groups excluding carboxylic acids is 1. The van der Waals surface area contributed by atoms with Gasteiger partial charge in [-0.15, -0.1) is 0 Å². The minimum Gasteiger partial charge on any atom is -0.377 e. The van der Waals surface area contributed by atoms with Crippen molar-refractivity contribution in [3.8, 4) is 0 Å². The van der Waals surface area contributed by atoms with Crippen LogP contribution < -0.4 is 0 Å². The predicted octanol–water partition coefficient (Wildman–Crippen LogP) is 2.41. The summed E-state index contributed by atoms with van der Waals surface area (Å²) in [5.41, 5.74) is 1.00. The molecule has 3 unspecified atom stereocenters. The van der Waals surface area contributed by atoms with Crippen molar-refractivity contribution in [2.24, 2.45) is 11.8 Å². The smallest absolute Gasteiger partial charge is 0.229 e. The Labute approximate surface area is 142 Å². The van der Waals surface area contributed by atoms with E-state index in [1.165, 1.54) is 6.33 Å². The summed E-state index contributed by atoms with van der Waals surface area (Å²) in [6, 6.07) is 9.61. The summed E-state index contributed by atoms with van der Waals surface area (Å²) in [7, 11) is 1.83. The fourth-order valence-electron chi connectivity index (χ4n) is 3.47. The lowest BCUT2D eigenvalue weighted by Gasteiger charge is -2.31. The number of aromatic amines is 1. The third kappa shape index (κ3) is 3.19. The summed E-state index contributed by atoms with van der Waals surface area (Å²) in [6.07, 6.45) is 2.22. The van der Waals surface area contributed by atoms with Crippen molar-refractivity contribution in [2.45, 2.75) is 32.4 Å². The van der Waals surface area contributed by atoms with Crippen molar-refractivity contribution < 1.29 is 9.53 Å². The van der Waals surface area contributed by atoms with Crippen LogP contribution in [0.1, 0.15) is 37.7 Å². The molecule has 6 heteroatoms. The average Bonchev–Trinajstić information content (AvgIpc) is 3.27. The van der Waals surface area contributed by atoms with Crippen LogP contribution in [-0.4, -0.2) is 45.7 Å². The average molecular weight is 328 g/mol. The van der Waals surface area contributed by atoms with Gasteiger partial charge < -0.3 is 9.64 Å². The maximum atomic E-state index is 13.2. The van der Waals surface area contributed by atoms with Crippen molar-refractivity contribution >= 4 is 5.91 Å². The van der Waals surface area contributed by atoms with E-state index in [0.717, 1.165) is 12.0 Å². The minimum absolute atomic E-state index is 0.0221. The lowest BCUT2D eigenvalue weighted by Crippen LogP contribution is -2.41. The first kappa shape index (κ1) is 16.6. The highest BCUT2D eigenvalue weighted by Crippen LogP contribution is 2.32. The topological polar surface area (TPSA) is 71.1 Å². The van der Waals surface area contributed by atoms with Crippen molar-refractivity contribution in [1.29, 1.82) is 0 Å². The van der Waals surface area contributed by atoms with Gasteiger partial charge in [0.15, 0.2) is 5.82 Å². The van der Waals surface area contributed by atoms with Crippen LogP contribution in [0.4, 0.5) is 0 Å². The number of hydrogen-bond acceptors (Lipinski definition) is 4. The summed E-state index contributed by atoms with van der Waals surface area (Å²) in [6.45, 7) is 4.84. The van der Waals surface area contributed by atoms with E-state index in [-0.39, 0.29) is 24.0 Å². The van der Waals surface area contributed by atoms with Crippen LogP contribution in [0, 0.1) is 11.8 Å². The fourth-order valence-corrected chi connectivity index (χ4v) is 3.47. The van der Waals surface area contributed by atoms with Crippen LogP contribution in [0.3, 0.4) is 0 Å². The quantitative estimate of drug-likeness (QED) is 0.915. The Hall–Kier alpha value is -2.21. The number of ether oxygens (including phenoxy) is 1. The van der Waals surface area contributed by atoms with Gasteiger partial charge in [0.05, 0.1) is 12.0 Å². The van der Waals surface area contributed by atoms with E-state index in [1.807, 2.05) is 37.4 Å². The Bertz CT molecular complexity index is 657. The van der Waals surface area contributed by atoms with Gasteiger partial charge in [0.2, 0.25) is 5.91 Å². The molecule has 2 heterocycles. The zero-order chi connectivity index (χ0) is 17.1. The van der Waals surface area contributed by atoms with Crippen LogP contribution in [-0.2, 0) is 9.53 Å². The molecule has 0 aliphatic carbocycles. The van der Waals surface area contributed by atoms with Crippen LogP contribution in [0.15, 0.2) is 36.7 Å². The van der Waals surface area contributed by atoms with E-state index in [9.17, 15) is 4.79 Å². The largest absolute Gasteiger partial charge is 0.377 e. The molecular weight excluding hydrogens is 304 g/mol. The number of carbonyl (C=O) groups is 1. The normalized spacial score (nSPS) is 21.8. The lowest BCUT2D eigenvalue weighted by molar-refractivity contribution is -0.138. The van der Waals surface area contributed by atoms with Crippen molar-refractivity contribution in [2.75, 3.05) is 13.7 Å². The molecule has 6 nitrogen and oxygen atoms in total. The summed E-state index contributed by atoms with van der Waals surface area (Å²) in [4.78, 5) is 19.2. The molecule has 1 fully saturated rings. The first-order valence-corrected chi connectivity index (χ1v) is 8.38. The first-order chi connectivity index (χ1) is 11.6. The van der Waals surface area contributed by atoms with Gasteiger partial charge in [0.25, 0.3) is 0 Å². The fraction of sp³-hybridized carbons (Fsp3) is 0.500. The van der Waals surface area contributed by atoms with Crippen LogP contribution >= 0.6 is 0 Å². The molecule has 1 aromatic carbocycles. The van der Waals surface area contributed by atoms with Crippen molar-refractivity contribution in [3.63, 3.8) is 0 Å². The second-order valence-electron chi connectivity index (χ2n) is 6.61. The van der Waals surface area contributed by atoms with E-state index >= 15 is 0 Å². The molecule has 3 atom stereocenters. The number of hydrogen-bond donors (Lipinski definition) is 1. The Morgan fingerprint density at radius 2 is 2.08 bits per heavy atom. The zero-order valence-corrected chi connectivity index (χ0v) is 14.3. The highest BCUT2D eigenvalue weighted by molar-refractivity contribution is 5.80.